The molecular formula is C16H15BrN4. The van der Waals surface area contributed by atoms with Crippen LogP contribution < -0.4 is 5.32 Å². The molecule has 1 aromatic carbocycles. The summed E-state index contributed by atoms with van der Waals surface area (Å²) in [6, 6.07) is 14.3. The first kappa shape index (κ1) is 13.8. The summed E-state index contributed by atoms with van der Waals surface area (Å²) in [5, 5.41) is 7.53. The van der Waals surface area contributed by atoms with E-state index in [0.29, 0.717) is 0 Å². The Morgan fingerprint density at radius 2 is 1.95 bits per heavy atom. The van der Waals surface area contributed by atoms with Crippen LogP contribution in [-0.2, 0) is 6.42 Å². The first-order valence-electron chi connectivity index (χ1n) is 6.76. The standard InChI is InChI=1S/C16H15BrN4/c17-14-4-7-16(19-12-14)18-10-8-13-2-5-15(6-3-13)21-11-1-9-20-21/h1-7,9,11-12H,8,10H2,(H,18,19). The van der Waals surface area contributed by atoms with Gasteiger partial charge in [0, 0.05) is 29.6 Å². The Morgan fingerprint density at radius 3 is 2.62 bits per heavy atom. The van der Waals surface area contributed by atoms with Gasteiger partial charge in [0.25, 0.3) is 0 Å². The van der Waals surface area contributed by atoms with Crippen molar-refractivity contribution in [2.24, 2.45) is 0 Å². The zero-order valence-electron chi connectivity index (χ0n) is 11.4. The van der Waals surface area contributed by atoms with Crippen molar-refractivity contribution < 1.29 is 0 Å². The summed E-state index contributed by atoms with van der Waals surface area (Å²) in [6.45, 7) is 0.857. The number of benzene rings is 1. The summed E-state index contributed by atoms with van der Waals surface area (Å²) < 4.78 is 2.84. The third-order valence-corrected chi connectivity index (χ3v) is 3.62. The molecule has 0 fully saturated rings. The average Bonchev–Trinajstić information content (AvgIpc) is 3.04. The molecule has 0 radical (unpaired) electrons. The van der Waals surface area contributed by atoms with Gasteiger partial charge in [0.2, 0.25) is 0 Å². The van der Waals surface area contributed by atoms with Crippen LogP contribution in [0.4, 0.5) is 5.82 Å². The molecular weight excluding hydrogens is 328 g/mol. The average molecular weight is 343 g/mol. The van der Waals surface area contributed by atoms with Gasteiger partial charge in [-0.25, -0.2) is 9.67 Å². The summed E-state index contributed by atoms with van der Waals surface area (Å²) >= 11 is 3.38. The number of pyridine rings is 1. The maximum atomic E-state index is 4.29. The van der Waals surface area contributed by atoms with Crippen molar-refractivity contribution in [3.63, 3.8) is 0 Å². The van der Waals surface area contributed by atoms with Gasteiger partial charge in [-0.05, 0) is 58.2 Å². The largest absolute Gasteiger partial charge is 0.370 e. The third-order valence-electron chi connectivity index (χ3n) is 3.15. The van der Waals surface area contributed by atoms with Gasteiger partial charge in [-0.15, -0.1) is 0 Å². The zero-order valence-corrected chi connectivity index (χ0v) is 13.0. The predicted molar refractivity (Wildman–Crippen MR) is 87.7 cm³/mol. The highest BCUT2D eigenvalue weighted by atomic mass is 79.9. The van der Waals surface area contributed by atoms with Crippen LogP contribution in [-0.4, -0.2) is 21.3 Å². The number of anilines is 1. The summed E-state index contributed by atoms with van der Waals surface area (Å²) in [5.74, 6) is 0.895. The van der Waals surface area contributed by atoms with Gasteiger partial charge in [-0.3, -0.25) is 0 Å². The fraction of sp³-hybridized carbons (Fsp3) is 0.125. The van der Waals surface area contributed by atoms with Crippen molar-refractivity contribution in [3.8, 4) is 5.69 Å². The number of halogens is 1. The molecule has 0 bridgehead atoms. The quantitative estimate of drug-likeness (QED) is 0.768. The van der Waals surface area contributed by atoms with Crippen molar-refractivity contribution in [3.05, 3.63) is 71.1 Å². The normalized spacial score (nSPS) is 10.5. The van der Waals surface area contributed by atoms with Gasteiger partial charge in [0.1, 0.15) is 5.82 Å². The zero-order chi connectivity index (χ0) is 14.5. The Bertz CT molecular complexity index is 675. The lowest BCUT2D eigenvalue weighted by Crippen LogP contribution is -2.06. The van der Waals surface area contributed by atoms with Crippen molar-refractivity contribution in [1.82, 2.24) is 14.8 Å². The van der Waals surface area contributed by atoms with Crippen LogP contribution in [0.5, 0.6) is 0 Å². The van der Waals surface area contributed by atoms with Crippen molar-refractivity contribution >= 4 is 21.7 Å². The second-order valence-electron chi connectivity index (χ2n) is 4.66. The minimum Gasteiger partial charge on any atom is -0.370 e. The molecule has 21 heavy (non-hydrogen) atoms. The van der Waals surface area contributed by atoms with E-state index in [1.807, 2.05) is 29.1 Å². The van der Waals surface area contributed by atoms with E-state index < -0.39 is 0 Å². The molecule has 0 aliphatic heterocycles. The number of rotatable bonds is 5. The van der Waals surface area contributed by atoms with Crippen LogP contribution in [0.3, 0.4) is 0 Å². The van der Waals surface area contributed by atoms with Crippen LogP contribution in [0.15, 0.2) is 65.5 Å². The maximum Gasteiger partial charge on any atom is 0.125 e. The lowest BCUT2D eigenvalue weighted by atomic mass is 10.1. The topological polar surface area (TPSA) is 42.7 Å². The van der Waals surface area contributed by atoms with Crippen molar-refractivity contribution in [2.45, 2.75) is 6.42 Å². The van der Waals surface area contributed by atoms with Crippen LogP contribution in [0, 0.1) is 0 Å². The Balaban J connectivity index is 1.55. The van der Waals surface area contributed by atoms with E-state index in [1.165, 1.54) is 5.56 Å². The number of nitrogens with one attached hydrogen (secondary N) is 1. The predicted octanol–water partition coefficient (Wildman–Crippen LogP) is 3.68. The smallest absolute Gasteiger partial charge is 0.125 e. The van der Waals surface area contributed by atoms with Crippen LogP contribution in [0.2, 0.25) is 0 Å². The Morgan fingerprint density at radius 1 is 1.10 bits per heavy atom. The molecule has 2 heterocycles. The molecule has 0 atom stereocenters. The van der Waals surface area contributed by atoms with E-state index in [0.717, 1.165) is 28.9 Å². The van der Waals surface area contributed by atoms with Gasteiger partial charge < -0.3 is 5.32 Å². The highest BCUT2D eigenvalue weighted by molar-refractivity contribution is 9.10. The van der Waals surface area contributed by atoms with E-state index in [4.69, 9.17) is 0 Å². The summed E-state index contributed by atoms with van der Waals surface area (Å²) in [7, 11) is 0. The van der Waals surface area contributed by atoms with Gasteiger partial charge in [0.15, 0.2) is 0 Å². The molecule has 0 saturated carbocycles. The van der Waals surface area contributed by atoms with Crippen LogP contribution >= 0.6 is 15.9 Å². The van der Waals surface area contributed by atoms with Gasteiger partial charge in [-0.2, -0.15) is 5.10 Å². The molecule has 2 aromatic heterocycles. The van der Waals surface area contributed by atoms with Crippen molar-refractivity contribution in [1.29, 1.82) is 0 Å². The van der Waals surface area contributed by atoms with E-state index in [2.05, 4.69) is 55.6 Å². The molecule has 0 spiro atoms. The monoisotopic (exact) mass is 342 g/mol. The molecule has 3 rings (SSSR count). The number of hydrogen-bond acceptors (Lipinski definition) is 3. The number of aromatic nitrogens is 3. The van der Waals surface area contributed by atoms with Gasteiger partial charge in [0.05, 0.1) is 5.69 Å². The maximum absolute atomic E-state index is 4.29. The summed E-state index contributed by atoms with van der Waals surface area (Å²) in [6.07, 6.45) is 6.47. The highest BCUT2D eigenvalue weighted by Gasteiger charge is 1.98. The first-order valence-corrected chi connectivity index (χ1v) is 7.55. The molecule has 0 aliphatic carbocycles. The highest BCUT2D eigenvalue weighted by Crippen LogP contribution is 2.12. The fourth-order valence-electron chi connectivity index (χ4n) is 2.05. The SMILES string of the molecule is Brc1ccc(NCCc2ccc(-n3cccn3)cc2)nc1. The van der Waals surface area contributed by atoms with E-state index in [9.17, 15) is 0 Å². The Hall–Kier alpha value is -2.14. The van der Waals surface area contributed by atoms with E-state index >= 15 is 0 Å². The van der Waals surface area contributed by atoms with E-state index in [1.54, 1.807) is 12.4 Å². The van der Waals surface area contributed by atoms with E-state index in [-0.39, 0.29) is 0 Å². The molecule has 106 valence electrons. The van der Waals surface area contributed by atoms with Gasteiger partial charge in [-0.1, -0.05) is 12.1 Å². The van der Waals surface area contributed by atoms with Gasteiger partial charge >= 0.3 is 0 Å². The van der Waals surface area contributed by atoms with Crippen molar-refractivity contribution in [2.75, 3.05) is 11.9 Å². The minimum absolute atomic E-state index is 0.857. The molecule has 0 saturated heterocycles. The van der Waals surface area contributed by atoms with Crippen LogP contribution in [0.25, 0.3) is 5.69 Å². The lowest BCUT2D eigenvalue weighted by Gasteiger charge is -2.07. The third kappa shape index (κ3) is 3.70. The van der Waals surface area contributed by atoms with Crippen LogP contribution in [0.1, 0.15) is 5.56 Å². The first-order chi connectivity index (χ1) is 10.3. The second kappa shape index (κ2) is 6.54. The number of hydrogen-bond donors (Lipinski definition) is 1. The molecule has 0 amide bonds. The molecule has 0 unspecified atom stereocenters. The Labute approximate surface area is 132 Å². The lowest BCUT2D eigenvalue weighted by molar-refractivity contribution is 0.878. The molecule has 4 nitrogen and oxygen atoms in total. The summed E-state index contributed by atoms with van der Waals surface area (Å²) in [4.78, 5) is 4.29. The minimum atomic E-state index is 0.857. The summed E-state index contributed by atoms with van der Waals surface area (Å²) in [5.41, 5.74) is 2.36. The Kier molecular flexibility index (Phi) is 4.31. The number of nitrogens with zero attached hydrogens (tertiary/aromatic N) is 3. The fourth-order valence-corrected chi connectivity index (χ4v) is 2.29. The second-order valence-corrected chi connectivity index (χ2v) is 5.57. The molecule has 1 N–H and O–H groups in total. The molecule has 3 aromatic rings. The molecule has 5 heteroatoms. The molecule has 0 aliphatic rings.